The van der Waals surface area contributed by atoms with Gasteiger partial charge in [0.15, 0.2) is 0 Å². The number of aryl methyl sites for hydroxylation is 2. The first-order chi connectivity index (χ1) is 17.3. The summed E-state index contributed by atoms with van der Waals surface area (Å²) in [4.78, 5) is 14.1. The fourth-order valence-corrected chi connectivity index (χ4v) is 4.53. The lowest BCUT2D eigenvalue weighted by molar-refractivity contribution is -0.137. The van der Waals surface area contributed by atoms with Crippen LogP contribution in [-0.4, -0.2) is 25.4 Å². The molecule has 37 heavy (non-hydrogen) atoms. The second kappa shape index (κ2) is 11.2. The van der Waals surface area contributed by atoms with Gasteiger partial charge in [0.2, 0.25) is 0 Å². The van der Waals surface area contributed by atoms with E-state index in [4.69, 9.17) is 4.18 Å². The maximum Gasteiger partial charge on any atom is 0.416 e. The van der Waals surface area contributed by atoms with Gasteiger partial charge < -0.3 is 14.4 Å². The number of carbonyl (C=O) groups is 1. The highest BCUT2D eigenvalue weighted by Gasteiger charge is 2.32. The Morgan fingerprint density at radius 2 is 1.70 bits per heavy atom. The van der Waals surface area contributed by atoms with Crippen molar-refractivity contribution in [1.82, 2.24) is 4.90 Å². The van der Waals surface area contributed by atoms with E-state index in [0.29, 0.717) is 23.7 Å². The molecule has 0 aliphatic carbocycles. The number of hydrogen-bond acceptors (Lipinski definition) is 4. The molecule has 0 aliphatic heterocycles. The summed E-state index contributed by atoms with van der Waals surface area (Å²) in [6.07, 6.45) is -4.01. The van der Waals surface area contributed by atoms with Crippen molar-refractivity contribution < 1.29 is 30.6 Å². The number of urea groups is 1. The Bertz CT molecular complexity index is 1370. The molecular weight excluding hydrogens is 505 g/mol. The molecule has 0 saturated heterocycles. The summed E-state index contributed by atoms with van der Waals surface area (Å²) in [6.45, 7) is 7.94. The molecule has 6 nitrogen and oxygen atoms in total. The summed E-state index contributed by atoms with van der Waals surface area (Å²) in [7, 11) is -4.52. The van der Waals surface area contributed by atoms with Crippen molar-refractivity contribution in [2.75, 3.05) is 5.32 Å². The summed E-state index contributed by atoms with van der Waals surface area (Å²) in [6, 6.07) is 14.6. The van der Waals surface area contributed by atoms with Gasteiger partial charge in [-0.3, -0.25) is 0 Å². The van der Waals surface area contributed by atoms with E-state index in [1.807, 2.05) is 45.9 Å². The lowest BCUT2D eigenvalue weighted by Crippen LogP contribution is -2.40. The first-order valence-corrected chi connectivity index (χ1v) is 13.1. The number of benzene rings is 3. The third-order valence-corrected chi connectivity index (χ3v) is 7.29. The predicted molar refractivity (Wildman–Crippen MR) is 136 cm³/mol. The van der Waals surface area contributed by atoms with Crippen molar-refractivity contribution in [3.05, 3.63) is 89.0 Å². The van der Waals surface area contributed by atoms with E-state index in [1.165, 1.54) is 12.1 Å². The molecule has 0 saturated carbocycles. The number of nitrogens with zero attached hydrogens (tertiary/aromatic N) is 1. The van der Waals surface area contributed by atoms with Crippen LogP contribution in [0.25, 0.3) is 0 Å². The number of alkyl halides is 3. The Hall–Kier alpha value is -3.53. The Kier molecular flexibility index (Phi) is 8.53. The highest BCUT2D eigenvalue weighted by atomic mass is 32.2. The molecule has 0 fully saturated rings. The standard InChI is InChI=1S/C27H29F3N2O4S/c1-5-20(4)32(26(33)31-23-13-12-18(2)19(3)14-23)17-21-8-6-10-24(15-21)36-37(34,35)25-11-7-9-22(16-25)27(28,29)30/h6-16,20H,5,17H2,1-4H3,(H,31,33)/t20-/m0/s1. The molecule has 1 atom stereocenters. The molecule has 0 spiro atoms. The van der Waals surface area contributed by atoms with Crippen molar-refractivity contribution >= 4 is 21.8 Å². The number of carbonyl (C=O) groups excluding carboxylic acids is 1. The minimum absolute atomic E-state index is 0.0754. The molecule has 0 aliphatic rings. The number of anilines is 1. The highest BCUT2D eigenvalue weighted by molar-refractivity contribution is 7.87. The van der Waals surface area contributed by atoms with E-state index in [0.717, 1.165) is 29.3 Å². The monoisotopic (exact) mass is 534 g/mol. The Morgan fingerprint density at radius 3 is 2.35 bits per heavy atom. The summed E-state index contributed by atoms with van der Waals surface area (Å²) in [5.74, 6) is -0.0754. The summed E-state index contributed by atoms with van der Waals surface area (Å²) in [5.41, 5.74) is 2.30. The third-order valence-electron chi connectivity index (χ3n) is 6.05. The Morgan fingerprint density at radius 1 is 1.00 bits per heavy atom. The normalized spacial score (nSPS) is 12.6. The Labute approximate surface area is 215 Å². The van der Waals surface area contributed by atoms with Crippen LogP contribution in [0.2, 0.25) is 0 Å². The lowest BCUT2D eigenvalue weighted by atomic mass is 10.1. The fourth-order valence-electron chi connectivity index (χ4n) is 3.56. The maximum atomic E-state index is 13.1. The van der Waals surface area contributed by atoms with Crippen LogP contribution in [-0.2, 0) is 22.8 Å². The lowest BCUT2D eigenvalue weighted by Gasteiger charge is -2.29. The van der Waals surface area contributed by atoms with Crippen LogP contribution in [0, 0.1) is 13.8 Å². The predicted octanol–water partition coefficient (Wildman–Crippen LogP) is 6.92. The number of halogens is 3. The van der Waals surface area contributed by atoms with Crippen LogP contribution in [0.3, 0.4) is 0 Å². The van der Waals surface area contributed by atoms with Crippen LogP contribution in [0.1, 0.15) is 42.5 Å². The number of hydrogen-bond donors (Lipinski definition) is 1. The molecule has 0 bridgehead atoms. The molecule has 10 heteroatoms. The molecule has 0 heterocycles. The molecule has 3 aromatic carbocycles. The Balaban J connectivity index is 1.80. The fraction of sp³-hybridized carbons (Fsp3) is 0.296. The SMILES string of the molecule is CC[C@H](C)N(Cc1cccc(OS(=O)(=O)c2cccc(C(F)(F)F)c2)c1)C(=O)Nc1ccc(C)c(C)c1. The largest absolute Gasteiger partial charge is 0.416 e. The van der Waals surface area contributed by atoms with Crippen LogP contribution < -0.4 is 9.50 Å². The van der Waals surface area contributed by atoms with E-state index in [9.17, 15) is 26.4 Å². The first-order valence-electron chi connectivity index (χ1n) is 11.7. The molecule has 3 aromatic rings. The van der Waals surface area contributed by atoms with Gasteiger partial charge >= 0.3 is 22.3 Å². The minimum Gasteiger partial charge on any atom is -0.379 e. The van der Waals surface area contributed by atoms with E-state index >= 15 is 0 Å². The second-order valence-corrected chi connectivity index (χ2v) is 10.4. The quantitative estimate of drug-likeness (QED) is 0.318. The van der Waals surface area contributed by atoms with Gasteiger partial charge in [-0.1, -0.05) is 31.2 Å². The van der Waals surface area contributed by atoms with E-state index in [1.54, 1.807) is 17.0 Å². The van der Waals surface area contributed by atoms with Crippen molar-refractivity contribution in [3.8, 4) is 5.75 Å². The minimum atomic E-state index is -4.69. The van der Waals surface area contributed by atoms with Crippen molar-refractivity contribution in [2.45, 2.75) is 57.8 Å². The van der Waals surface area contributed by atoms with E-state index in [-0.39, 0.29) is 24.4 Å². The third kappa shape index (κ3) is 7.25. The number of amides is 2. The van der Waals surface area contributed by atoms with Gasteiger partial charge in [0, 0.05) is 18.3 Å². The van der Waals surface area contributed by atoms with Gasteiger partial charge in [-0.2, -0.15) is 21.6 Å². The smallest absolute Gasteiger partial charge is 0.379 e. The molecule has 3 rings (SSSR count). The van der Waals surface area contributed by atoms with Gasteiger partial charge in [-0.25, -0.2) is 4.79 Å². The van der Waals surface area contributed by atoms with Crippen LogP contribution >= 0.6 is 0 Å². The molecule has 0 radical (unpaired) electrons. The maximum absolute atomic E-state index is 13.1. The van der Waals surface area contributed by atoms with E-state index < -0.39 is 26.8 Å². The van der Waals surface area contributed by atoms with Gasteiger partial charge in [-0.15, -0.1) is 0 Å². The molecule has 0 aromatic heterocycles. The highest BCUT2D eigenvalue weighted by Crippen LogP contribution is 2.31. The molecule has 198 valence electrons. The van der Waals surface area contributed by atoms with Gasteiger partial charge in [0.25, 0.3) is 0 Å². The van der Waals surface area contributed by atoms with E-state index in [2.05, 4.69) is 5.32 Å². The zero-order chi connectivity index (χ0) is 27.4. The second-order valence-electron chi connectivity index (χ2n) is 8.82. The van der Waals surface area contributed by atoms with Crippen LogP contribution in [0.15, 0.2) is 71.6 Å². The van der Waals surface area contributed by atoms with Crippen molar-refractivity contribution in [1.29, 1.82) is 0 Å². The zero-order valence-corrected chi connectivity index (χ0v) is 21.8. The van der Waals surface area contributed by atoms with Gasteiger partial charge in [-0.05, 0) is 86.3 Å². The summed E-state index contributed by atoms with van der Waals surface area (Å²) in [5, 5.41) is 2.91. The van der Waals surface area contributed by atoms with Crippen molar-refractivity contribution in [3.63, 3.8) is 0 Å². The van der Waals surface area contributed by atoms with Crippen LogP contribution in [0.5, 0.6) is 5.75 Å². The number of rotatable bonds is 8. The zero-order valence-electron chi connectivity index (χ0n) is 21.0. The molecule has 2 amide bonds. The number of nitrogens with one attached hydrogen (secondary N) is 1. The molecular formula is C27H29F3N2O4S. The van der Waals surface area contributed by atoms with Crippen LogP contribution in [0.4, 0.5) is 23.7 Å². The summed E-state index contributed by atoms with van der Waals surface area (Å²) >= 11 is 0. The average molecular weight is 535 g/mol. The summed E-state index contributed by atoms with van der Waals surface area (Å²) < 4.78 is 69.5. The first kappa shape index (κ1) is 28.0. The van der Waals surface area contributed by atoms with Gasteiger partial charge in [0.1, 0.15) is 10.6 Å². The average Bonchev–Trinajstić information content (AvgIpc) is 2.84. The van der Waals surface area contributed by atoms with Crippen molar-refractivity contribution in [2.24, 2.45) is 0 Å². The molecule has 1 N–H and O–H groups in total. The van der Waals surface area contributed by atoms with Gasteiger partial charge in [0.05, 0.1) is 5.56 Å². The topological polar surface area (TPSA) is 75.7 Å². The molecule has 0 unspecified atom stereocenters.